The minimum atomic E-state index is -1.44. The summed E-state index contributed by atoms with van der Waals surface area (Å²) in [5.41, 5.74) is 4.72. The first-order chi connectivity index (χ1) is 22.7. The number of aromatic nitrogens is 5. The third-order valence-electron chi connectivity index (χ3n) is 8.51. The fourth-order valence-electron chi connectivity index (χ4n) is 6.15. The molecular formula is C35H29F2N7O3. The number of likely N-dealkylation sites (tertiary alicyclic amines) is 1. The van der Waals surface area contributed by atoms with E-state index in [1.165, 1.54) is 17.7 Å². The number of carbonyl (C=O) groups excluding carboxylic acids is 3. The number of alkyl halides is 1. The quantitative estimate of drug-likeness (QED) is 0.228. The van der Waals surface area contributed by atoms with Crippen LogP contribution in [-0.2, 0) is 16.1 Å². The van der Waals surface area contributed by atoms with Crippen LogP contribution in [0.15, 0.2) is 85.3 Å². The summed E-state index contributed by atoms with van der Waals surface area (Å²) in [6.45, 7) is 2.62. The molecule has 1 fully saturated rings. The molecule has 0 aliphatic carbocycles. The average molecular weight is 634 g/mol. The van der Waals surface area contributed by atoms with Gasteiger partial charge in [-0.15, -0.1) is 0 Å². The number of rotatable bonds is 7. The van der Waals surface area contributed by atoms with Gasteiger partial charge in [-0.05, 0) is 41.8 Å². The van der Waals surface area contributed by atoms with Crippen molar-refractivity contribution in [1.29, 1.82) is 0 Å². The fourth-order valence-corrected chi connectivity index (χ4v) is 6.15. The van der Waals surface area contributed by atoms with Gasteiger partial charge in [0.2, 0.25) is 11.8 Å². The Labute approximate surface area is 267 Å². The van der Waals surface area contributed by atoms with Crippen molar-refractivity contribution in [3.05, 3.63) is 102 Å². The van der Waals surface area contributed by atoms with E-state index >= 15 is 4.39 Å². The van der Waals surface area contributed by atoms with Crippen molar-refractivity contribution in [2.24, 2.45) is 0 Å². The standard InChI is InChI=1S/C35H29F2N7O3/c1-20-6-3-4-7-25(20)26-8-5-9-28(33(26)37)40-35(47)30-15-24(36)18-42(30)32(46)19-43-29-11-10-22(14-27(29)34(41-43)21(2)45)23-16-38-31-12-13-39-44(31)17-23/h3-14,16-17,24,30H,15,18-19H2,1-2H3,(H,40,47)/t24-,30+/m1/s1. The maximum Gasteiger partial charge on any atom is 0.247 e. The highest BCUT2D eigenvalue weighted by Crippen LogP contribution is 2.32. The number of carbonyl (C=O) groups is 3. The molecule has 47 heavy (non-hydrogen) atoms. The van der Waals surface area contributed by atoms with Gasteiger partial charge in [0.25, 0.3) is 0 Å². The van der Waals surface area contributed by atoms with E-state index in [1.807, 2.05) is 31.3 Å². The zero-order valence-electron chi connectivity index (χ0n) is 25.5. The van der Waals surface area contributed by atoms with Crippen molar-refractivity contribution < 1.29 is 23.2 Å². The Balaban J connectivity index is 1.14. The van der Waals surface area contributed by atoms with Gasteiger partial charge in [-0.3, -0.25) is 19.1 Å². The number of ketones is 1. The number of hydrogen-bond acceptors (Lipinski definition) is 6. The predicted molar refractivity (Wildman–Crippen MR) is 172 cm³/mol. The maximum absolute atomic E-state index is 15.6. The second kappa shape index (κ2) is 11.9. The van der Waals surface area contributed by atoms with Crippen LogP contribution in [0.25, 0.3) is 38.8 Å². The van der Waals surface area contributed by atoms with Gasteiger partial charge in [0.15, 0.2) is 17.2 Å². The van der Waals surface area contributed by atoms with Crippen LogP contribution in [-0.4, -0.2) is 65.6 Å². The monoisotopic (exact) mass is 633 g/mol. The molecule has 3 aromatic heterocycles. The molecule has 2 atom stereocenters. The van der Waals surface area contributed by atoms with Crippen molar-refractivity contribution in [3.63, 3.8) is 0 Å². The summed E-state index contributed by atoms with van der Waals surface area (Å²) in [5.74, 6) is -2.17. The Morgan fingerprint density at radius 1 is 1.00 bits per heavy atom. The molecule has 0 spiro atoms. The molecule has 3 aromatic carbocycles. The Kier molecular flexibility index (Phi) is 7.55. The number of hydrogen-bond donors (Lipinski definition) is 1. The van der Waals surface area contributed by atoms with Gasteiger partial charge >= 0.3 is 0 Å². The molecule has 7 rings (SSSR count). The van der Waals surface area contributed by atoms with Gasteiger partial charge in [-0.2, -0.15) is 10.2 Å². The molecule has 1 N–H and O–H groups in total. The molecule has 4 heterocycles. The molecule has 12 heteroatoms. The van der Waals surface area contributed by atoms with Crippen LogP contribution >= 0.6 is 0 Å². The van der Waals surface area contributed by atoms with Gasteiger partial charge in [-0.25, -0.2) is 18.3 Å². The predicted octanol–water partition coefficient (Wildman–Crippen LogP) is 5.64. The lowest BCUT2D eigenvalue weighted by Crippen LogP contribution is -2.44. The van der Waals surface area contributed by atoms with Gasteiger partial charge in [0, 0.05) is 48.3 Å². The van der Waals surface area contributed by atoms with Gasteiger partial charge < -0.3 is 10.2 Å². The molecule has 1 aliphatic heterocycles. The topological polar surface area (TPSA) is 114 Å². The van der Waals surface area contributed by atoms with Crippen molar-refractivity contribution >= 4 is 39.8 Å². The number of nitrogens with zero attached hydrogens (tertiary/aromatic N) is 6. The lowest BCUT2D eigenvalue weighted by atomic mass is 9.99. The lowest BCUT2D eigenvalue weighted by molar-refractivity contribution is -0.137. The molecule has 0 radical (unpaired) electrons. The van der Waals surface area contributed by atoms with Crippen LogP contribution < -0.4 is 5.32 Å². The summed E-state index contributed by atoms with van der Waals surface area (Å²) >= 11 is 0. The molecule has 0 unspecified atom stereocenters. The van der Waals surface area contributed by atoms with Gasteiger partial charge in [0.05, 0.1) is 23.9 Å². The third kappa shape index (κ3) is 5.51. The Bertz CT molecular complexity index is 2210. The minimum absolute atomic E-state index is 0.0626. The Hall–Kier alpha value is -5.78. The number of halogens is 2. The number of aryl methyl sites for hydroxylation is 1. The zero-order chi connectivity index (χ0) is 32.8. The molecule has 0 saturated carbocycles. The van der Waals surface area contributed by atoms with Crippen molar-refractivity contribution in [2.75, 3.05) is 11.9 Å². The van der Waals surface area contributed by atoms with Gasteiger partial charge in [-0.1, -0.05) is 42.5 Å². The van der Waals surface area contributed by atoms with Crippen LogP contribution in [0.2, 0.25) is 0 Å². The fraction of sp³-hybridized carbons (Fsp3) is 0.200. The van der Waals surface area contributed by atoms with Crippen molar-refractivity contribution in [3.8, 4) is 22.3 Å². The molecule has 2 amide bonds. The van der Waals surface area contributed by atoms with E-state index in [0.717, 1.165) is 21.6 Å². The number of anilines is 1. The molecule has 0 bridgehead atoms. The Morgan fingerprint density at radius 3 is 2.62 bits per heavy atom. The molecule has 6 aromatic rings. The number of benzene rings is 3. The van der Waals surface area contributed by atoms with E-state index in [0.29, 0.717) is 27.7 Å². The van der Waals surface area contributed by atoms with Crippen LogP contribution in [0.4, 0.5) is 14.5 Å². The number of fused-ring (bicyclic) bond motifs is 2. The van der Waals surface area contributed by atoms with E-state index < -0.39 is 29.8 Å². The average Bonchev–Trinajstić information content (AvgIpc) is 3.79. The molecular weight excluding hydrogens is 604 g/mol. The third-order valence-corrected chi connectivity index (χ3v) is 8.51. The Morgan fingerprint density at radius 2 is 1.81 bits per heavy atom. The van der Waals surface area contributed by atoms with Crippen LogP contribution in [0.5, 0.6) is 0 Å². The number of nitrogens with one attached hydrogen (secondary N) is 1. The summed E-state index contributed by atoms with van der Waals surface area (Å²) in [7, 11) is 0. The van der Waals surface area contributed by atoms with E-state index in [9.17, 15) is 18.8 Å². The molecule has 1 saturated heterocycles. The number of amides is 2. The highest BCUT2D eigenvalue weighted by atomic mass is 19.1. The second-order valence-corrected chi connectivity index (χ2v) is 11.6. The molecule has 10 nitrogen and oxygen atoms in total. The van der Waals surface area contributed by atoms with Crippen LogP contribution in [0.1, 0.15) is 29.4 Å². The van der Waals surface area contributed by atoms with Crippen molar-refractivity contribution in [2.45, 2.75) is 39.0 Å². The lowest BCUT2D eigenvalue weighted by Gasteiger charge is -2.24. The first-order valence-corrected chi connectivity index (χ1v) is 15.1. The smallest absolute Gasteiger partial charge is 0.247 e. The first-order valence-electron chi connectivity index (χ1n) is 15.1. The normalized spacial score (nSPS) is 16.2. The highest BCUT2D eigenvalue weighted by Gasteiger charge is 2.40. The summed E-state index contributed by atoms with van der Waals surface area (Å²) in [4.78, 5) is 45.2. The van der Waals surface area contributed by atoms with Gasteiger partial charge in [0.1, 0.15) is 24.5 Å². The van der Waals surface area contributed by atoms with Crippen molar-refractivity contribution in [1.82, 2.24) is 29.3 Å². The largest absolute Gasteiger partial charge is 0.326 e. The minimum Gasteiger partial charge on any atom is -0.326 e. The summed E-state index contributed by atoms with van der Waals surface area (Å²) in [6, 6.07) is 18.0. The van der Waals surface area contributed by atoms with Crippen LogP contribution in [0.3, 0.4) is 0 Å². The first kappa shape index (κ1) is 29.9. The zero-order valence-corrected chi connectivity index (χ0v) is 25.5. The summed E-state index contributed by atoms with van der Waals surface area (Å²) in [5, 5.41) is 11.8. The van der Waals surface area contributed by atoms with E-state index in [4.69, 9.17) is 0 Å². The van der Waals surface area contributed by atoms with E-state index in [1.54, 1.807) is 59.4 Å². The van der Waals surface area contributed by atoms with Crippen LogP contribution in [0, 0.1) is 12.7 Å². The van der Waals surface area contributed by atoms with E-state index in [2.05, 4.69) is 20.5 Å². The maximum atomic E-state index is 15.6. The SMILES string of the molecule is CC(=O)c1nn(CC(=O)N2C[C@H](F)C[C@H]2C(=O)Nc2cccc(-c3ccccc3C)c2F)c2ccc(-c3cnc4ccnn4c3)cc12. The highest BCUT2D eigenvalue weighted by molar-refractivity contribution is 6.06. The van der Waals surface area contributed by atoms with E-state index in [-0.39, 0.29) is 36.7 Å². The summed E-state index contributed by atoms with van der Waals surface area (Å²) < 4.78 is 33.4. The second-order valence-electron chi connectivity index (χ2n) is 11.6. The summed E-state index contributed by atoms with van der Waals surface area (Å²) in [6.07, 6.45) is 3.50. The molecule has 1 aliphatic rings. The number of Topliss-reactive ketones (excluding diaryl/α,β-unsaturated/α-hetero) is 1. The molecule has 236 valence electrons.